The summed E-state index contributed by atoms with van der Waals surface area (Å²) in [5.41, 5.74) is -1.94. The quantitative estimate of drug-likeness (QED) is 0.251. The van der Waals surface area contributed by atoms with Gasteiger partial charge < -0.3 is 19.6 Å². The van der Waals surface area contributed by atoms with Gasteiger partial charge in [-0.2, -0.15) is 13.2 Å². The Bertz CT molecular complexity index is 1660. The fraction of sp³-hybridized carbons (Fsp3) is 0.231. The number of nitrogens with zero attached hydrogens (tertiary/aromatic N) is 4. The first-order valence-corrected chi connectivity index (χ1v) is 12.4. The van der Waals surface area contributed by atoms with Crippen molar-refractivity contribution in [2.24, 2.45) is 0 Å². The van der Waals surface area contributed by atoms with Gasteiger partial charge in [-0.1, -0.05) is 18.5 Å². The van der Waals surface area contributed by atoms with Gasteiger partial charge in [0.15, 0.2) is 5.82 Å². The van der Waals surface area contributed by atoms with Crippen molar-refractivity contribution in [3.8, 4) is 0 Å². The largest absolute Gasteiger partial charge is 0.426 e. The van der Waals surface area contributed by atoms with E-state index in [9.17, 15) is 36.3 Å². The number of carbonyl (C=O) groups excluding carboxylic acids is 3. The monoisotopic (exact) mass is 610 g/mol. The van der Waals surface area contributed by atoms with Crippen LogP contribution in [0.2, 0.25) is 5.02 Å². The van der Waals surface area contributed by atoms with Crippen molar-refractivity contribution in [1.82, 2.24) is 25.1 Å². The Labute approximate surface area is 238 Å². The molecular weight excluding hydrogens is 591 g/mol. The number of alkyl halides is 3. The number of hydrogen-bond acceptors (Lipinski definition) is 7. The Balaban J connectivity index is 1.83. The number of imidazole rings is 1. The Morgan fingerprint density at radius 3 is 2.45 bits per heavy atom. The minimum atomic E-state index is -4.95. The highest BCUT2D eigenvalue weighted by atomic mass is 35.5. The molecule has 2 aromatic heterocycles. The Morgan fingerprint density at radius 2 is 1.81 bits per heavy atom. The summed E-state index contributed by atoms with van der Waals surface area (Å²) in [6, 6.07) is 4.73. The molecule has 0 fully saturated rings. The summed E-state index contributed by atoms with van der Waals surface area (Å²) in [7, 11) is 0. The van der Waals surface area contributed by atoms with Crippen LogP contribution in [-0.4, -0.2) is 37.3 Å². The van der Waals surface area contributed by atoms with Gasteiger partial charge in [0.25, 0.3) is 11.8 Å². The number of nitrogens with one attached hydrogen (secondary N) is 2. The maximum Gasteiger partial charge on any atom is 0.416 e. The highest BCUT2D eigenvalue weighted by Gasteiger charge is 2.33. The first-order chi connectivity index (χ1) is 19.7. The summed E-state index contributed by atoms with van der Waals surface area (Å²) in [4.78, 5) is 42.7. The molecule has 42 heavy (non-hydrogen) atoms. The second-order valence-electron chi connectivity index (χ2n) is 9.04. The predicted molar refractivity (Wildman–Crippen MR) is 137 cm³/mol. The van der Waals surface area contributed by atoms with Crippen molar-refractivity contribution in [1.29, 1.82) is 0 Å². The summed E-state index contributed by atoms with van der Waals surface area (Å²) < 4.78 is 74.1. The zero-order valence-corrected chi connectivity index (χ0v) is 22.5. The van der Waals surface area contributed by atoms with E-state index in [0.717, 1.165) is 23.1 Å². The lowest BCUT2D eigenvalue weighted by Gasteiger charge is -2.19. The Kier molecular flexibility index (Phi) is 8.70. The van der Waals surface area contributed by atoms with Crippen LogP contribution in [0.5, 0.6) is 0 Å². The van der Waals surface area contributed by atoms with Crippen molar-refractivity contribution in [2.75, 3.05) is 5.32 Å². The topological polar surface area (TPSA) is 132 Å². The fourth-order valence-corrected chi connectivity index (χ4v) is 4.40. The van der Waals surface area contributed by atoms with Crippen molar-refractivity contribution in [3.05, 3.63) is 93.5 Å². The number of aromatic nitrogens is 4. The molecule has 2 N–H and O–H groups in total. The smallest absolute Gasteiger partial charge is 0.416 e. The van der Waals surface area contributed by atoms with Crippen LogP contribution in [0.15, 0.2) is 47.2 Å². The summed E-state index contributed by atoms with van der Waals surface area (Å²) in [6.45, 7) is 2.05. The van der Waals surface area contributed by atoms with E-state index in [2.05, 4.69) is 25.8 Å². The average Bonchev–Trinajstić information content (AvgIpc) is 3.55. The molecule has 0 spiro atoms. The average molecular weight is 611 g/mol. The molecule has 0 saturated carbocycles. The molecule has 2 amide bonds. The molecule has 1 atom stereocenters. The minimum Gasteiger partial charge on any atom is -0.426 e. The van der Waals surface area contributed by atoms with Crippen LogP contribution in [0.3, 0.4) is 0 Å². The lowest BCUT2D eigenvalue weighted by Crippen LogP contribution is -2.28. The van der Waals surface area contributed by atoms with Gasteiger partial charge in [0.1, 0.15) is 17.4 Å². The van der Waals surface area contributed by atoms with Crippen LogP contribution in [-0.2, 0) is 24.1 Å². The maximum absolute atomic E-state index is 14.2. The second kappa shape index (κ2) is 12.1. The number of Topliss-reactive ketones (excluding diaryl/α,β-unsaturated/α-hetero) is 1. The van der Waals surface area contributed by atoms with Crippen molar-refractivity contribution in [3.63, 3.8) is 0 Å². The van der Waals surface area contributed by atoms with Crippen LogP contribution in [0.1, 0.15) is 63.5 Å². The molecule has 0 aliphatic rings. The number of amides is 2. The third kappa shape index (κ3) is 6.79. The maximum atomic E-state index is 14.2. The number of anilines is 1. The third-order valence-electron chi connectivity index (χ3n) is 5.95. The van der Waals surface area contributed by atoms with E-state index in [4.69, 9.17) is 16.0 Å². The zero-order valence-electron chi connectivity index (χ0n) is 21.7. The molecule has 0 bridgehead atoms. The summed E-state index contributed by atoms with van der Waals surface area (Å²) in [5.74, 6) is -6.17. The van der Waals surface area contributed by atoms with E-state index in [1.165, 1.54) is 19.9 Å². The van der Waals surface area contributed by atoms with Gasteiger partial charge in [0.05, 0.1) is 24.3 Å². The molecule has 0 saturated heterocycles. The first kappa shape index (κ1) is 30.3. The minimum absolute atomic E-state index is 0.0126. The summed E-state index contributed by atoms with van der Waals surface area (Å²) >= 11 is 6.31. The van der Waals surface area contributed by atoms with Crippen LogP contribution in [0, 0.1) is 11.6 Å². The number of benzene rings is 2. The SMILES string of the molecule is CC(=O)Cn1c(C(=O)NCc2nnco2)nc(NC(=O)c2cc(F)cc(C(F)(F)F)c2)c1[C@@H](C)c1cc(F)ccc1Cl. The standard InChI is InChI=1S/C26H20ClF5N6O4/c1-12(39)10-38-21(13(2)18-8-16(28)3-4-19(18)27)22(35-23(38)25(41)33-9-20-37-34-11-42-20)36-24(40)14-5-15(26(30,31)32)7-17(29)6-14/h3-8,11,13H,9-10H2,1-2H3,(H,33,41)(H,36,40)/t13-/m0/s1. The molecule has 10 nitrogen and oxygen atoms in total. The lowest BCUT2D eigenvalue weighted by molar-refractivity contribution is -0.137. The van der Waals surface area contributed by atoms with E-state index < -0.39 is 64.8 Å². The van der Waals surface area contributed by atoms with Crippen LogP contribution < -0.4 is 10.6 Å². The van der Waals surface area contributed by atoms with Gasteiger partial charge >= 0.3 is 6.18 Å². The lowest BCUT2D eigenvalue weighted by atomic mass is 9.96. The first-order valence-electron chi connectivity index (χ1n) is 12.0. The van der Waals surface area contributed by atoms with E-state index in [1.807, 2.05) is 0 Å². The number of rotatable bonds is 9. The van der Waals surface area contributed by atoms with Crippen LogP contribution >= 0.6 is 11.6 Å². The number of ketones is 1. The molecule has 0 aliphatic carbocycles. The predicted octanol–water partition coefficient (Wildman–Crippen LogP) is 5.14. The Hall–Kier alpha value is -4.66. The van der Waals surface area contributed by atoms with Gasteiger partial charge in [0, 0.05) is 16.5 Å². The fourth-order valence-electron chi connectivity index (χ4n) is 4.12. The van der Waals surface area contributed by atoms with E-state index in [0.29, 0.717) is 12.1 Å². The molecule has 220 valence electrons. The van der Waals surface area contributed by atoms with E-state index >= 15 is 0 Å². The molecule has 0 aliphatic heterocycles. The Morgan fingerprint density at radius 1 is 1.07 bits per heavy atom. The number of halogens is 6. The van der Waals surface area contributed by atoms with Crippen LogP contribution in [0.25, 0.3) is 0 Å². The second-order valence-corrected chi connectivity index (χ2v) is 9.45. The number of carbonyl (C=O) groups is 3. The van der Waals surface area contributed by atoms with Crippen molar-refractivity contribution in [2.45, 2.75) is 39.0 Å². The van der Waals surface area contributed by atoms with Gasteiger partial charge in [-0.3, -0.25) is 14.4 Å². The molecule has 16 heteroatoms. The molecule has 2 heterocycles. The highest BCUT2D eigenvalue weighted by Crippen LogP contribution is 2.36. The molecule has 4 rings (SSSR count). The summed E-state index contributed by atoms with van der Waals surface area (Å²) in [6.07, 6.45) is -3.91. The highest BCUT2D eigenvalue weighted by molar-refractivity contribution is 6.31. The van der Waals surface area contributed by atoms with E-state index in [-0.39, 0.29) is 40.6 Å². The van der Waals surface area contributed by atoms with E-state index in [1.54, 1.807) is 0 Å². The molecule has 0 unspecified atom stereocenters. The van der Waals surface area contributed by atoms with Crippen LogP contribution in [0.4, 0.5) is 27.8 Å². The van der Waals surface area contributed by atoms with Gasteiger partial charge in [-0.25, -0.2) is 13.8 Å². The third-order valence-corrected chi connectivity index (χ3v) is 6.29. The van der Waals surface area contributed by atoms with Gasteiger partial charge in [-0.15, -0.1) is 10.2 Å². The molecule has 4 aromatic rings. The van der Waals surface area contributed by atoms with Gasteiger partial charge in [-0.05, 0) is 48.9 Å². The molecule has 2 aromatic carbocycles. The van der Waals surface area contributed by atoms with Gasteiger partial charge in [0.2, 0.25) is 18.1 Å². The van der Waals surface area contributed by atoms with Crippen molar-refractivity contribution >= 4 is 35.0 Å². The normalized spacial score (nSPS) is 12.2. The zero-order chi connectivity index (χ0) is 30.8. The summed E-state index contributed by atoms with van der Waals surface area (Å²) in [5, 5.41) is 12.0. The molecule has 0 radical (unpaired) electrons. The molecular formula is C26H20ClF5N6O4. The van der Waals surface area contributed by atoms with Crippen molar-refractivity contribution < 1.29 is 40.8 Å². The number of hydrogen-bond donors (Lipinski definition) is 2.